The minimum Gasteiger partial charge on any atom is -0.490 e. The molecule has 1 atom stereocenters. The van der Waals surface area contributed by atoms with Crippen molar-refractivity contribution in [2.24, 2.45) is 0 Å². The molecule has 0 saturated heterocycles. The van der Waals surface area contributed by atoms with Gasteiger partial charge in [0.1, 0.15) is 18.1 Å². The van der Waals surface area contributed by atoms with Crippen LogP contribution in [0.25, 0.3) is 0 Å². The highest BCUT2D eigenvalue weighted by Gasteiger charge is 2.33. The van der Waals surface area contributed by atoms with Gasteiger partial charge in [-0.05, 0) is 43.3 Å². The second-order valence-corrected chi connectivity index (χ2v) is 6.11. The fraction of sp³-hybridized carbons (Fsp3) is 0.278. The van der Waals surface area contributed by atoms with Crippen LogP contribution in [-0.2, 0) is 11.0 Å². The first kappa shape index (κ1) is 22.3. The van der Waals surface area contributed by atoms with Gasteiger partial charge in [0.05, 0.1) is 5.56 Å². The number of carbonyl (C=O) groups excluding carboxylic acids is 1. The van der Waals surface area contributed by atoms with E-state index in [-0.39, 0.29) is 11.4 Å². The van der Waals surface area contributed by atoms with E-state index in [4.69, 9.17) is 4.74 Å². The topological polar surface area (TPSA) is 67.8 Å². The number of nitrogens with one attached hydrogen (secondary N) is 1. The van der Waals surface area contributed by atoms with Gasteiger partial charge in [-0.3, -0.25) is 4.79 Å². The number of hydrogen-bond acceptors (Lipinski definition) is 4. The lowest BCUT2D eigenvalue weighted by molar-refractivity contribution is -0.274. The summed E-state index contributed by atoms with van der Waals surface area (Å²) in [5.74, 6) is -1.64. The smallest absolute Gasteiger partial charge is 0.490 e. The van der Waals surface area contributed by atoms with E-state index >= 15 is 0 Å². The Morgan fingerprint density at radius 2 is 1.59 bits per heavy atom. The van der Waals surface area contributed by atoms with Crippen molar-refractivity contribution in [1.29, 1.82) is 0 Å². The molecular formula is C18H15F6NO4. The van der Waals surface area contributed by atoms with Gasteiger partial charge < -0.3 is 19.9 Å². The van der Waals surface area contributed by atoms with Crippen molar-refractivity contribution in [1.82, 2.24) is 0 Å². The molecule has 0 fully saturated rings. The minimum absolute atomic E-state index is 0.00356. The quantitative estimate of drug-likeness (QED) is 0.678. The lowest BCUT2D eigenvalue weighted by atomic mass is 10.1. The zero-order valence-electron chi connectivity index (χ0n) is 14.8. The van der Waals surface area contributed by atoms with E-state index in [0.29, 0.717) is 0 Å². The SMILES string of the molecule is CC(O)(COc1cccc(OC(F)(F)F)c1)C(=O)Nc1ccc(C(F)(F)F)cc1. The largest absolute Gasteiger partial charge is 0.573 e. The van der Waals surface area contributed by atoms with Crippen LogP contribution in [0.15, 0.2) is 48.5 Å². The Hall–Kier alpha value is -2.95. The van der Waals surface area contributed by atoms with E-state index in [1.807, 2.05) is 0 Å². The van der Waals surface area contributed by atoms with Crippen molar-refractivity contribution in [3.8, 4) is 11.5 Å². The summed E-state index contributed by atoms with van der Waals surface area (Å²) in [6.45, 7) is 0.428. The van der Waals surface area contributed by atoms with Gasteiger partial charge in [-0.2, -0.15) is 13.2 Å². The first-order valence-electron chi connectivity index (χ1n) is 7.96. The molecule has 0 bridgehead atoms. The van der Waals surface area contributed by atoms with Gasteiger partial charge in [-0.25, -0.2) is 0 Å². The average Bonchev–Trinajstić information content (AvgIpc) is 2.58. The van der Waals surface area contributed by atoms with Crippen molar-refractivity contribution >= 4 is 11.6 Å². The number of anilines is 1. The first-order chi connectivity index (χ1) is 13.3. The molecule has 0 aliphatic rings. The maximum absolute atomic E-state index is 12.5. The Labute approximate surface area is 160 Å². The Bertz CT molecular complexity index is 847. The lowest BCUT2D eigenvalue weighted by Gasteiger charge is -2.23. The van der Waals surface area contributed by atoms with Crippen molar-refractivity contribution < 1.29 is 45.7 Å². The second-order valence-electron chi connectivity index (χ2n) is 6.11. The molecule has 0 aliphatic carbocycles. The zero-order chi connectivity index (χ0) is 21.9. The third kappa shape index (κ3) is 6.86. The Balaban J connectivity index is 1.98. The Kier molecular flexibility index (Phi) is 6.31. The number of aliphatic hydroxyl groups is 1. The molecule has 0 heterocycles. The Morgan fingerprint density at radius 3 is 2.14 bits per heavy atom. The molecule has 0 radical (unpaired) electrons. The average molecular weight is 423 g/mol. The van der Waals surface area contributed by atoms with E-state index in [1.54, 1.807) is 0 Å². The summed E-state index contributed by atoms with van der Waals surface area (Å²) in [4.78, 5) is 12.2. The van der Waals surface area contributed by atoms with Crippen LogP contribution >= 0.6 is 0 Å². The van der Waals surface area contributed by atoms with Crippen LogP contribution in [-0.4, -0.2) is 29.6 Å². The highest BCUT2D eigenvalue weighted by Crippen LogP contribution is 2.30. The third-order valence-electron chi connectivity index (χ3n) is 3.52. The predicted molar refractivity (Wildman–Crippen MR) is 89.3 cm³/mol. The molecule has 2 aromatic rings. The van der Waals surface area contributed by atoms with Gasteiger partial charge in [-0.1, -0.05) is 6.07 Å². The molecule has 2 aromatic carbocycles. The van der Waals surface area contributed by atoms with Gasteiger partial charge >= 0.3 is 12.5 Å². The second kappa shape index (κ2) is 8.19. The van der Waals surface area contributed by atoms with Crippen LogP contribution in [0.1, 0.15) is 12.5 Å². The van der Waals surface area contributed by atoms with Crippen LogP contribution in [0.4, 0.5) is 32.0 Å². The lowest BCUT2D eigenvalue weighted by Crippen LogP contribution is -2.45. The molecule has 2 rings (SSSR count). The molecule has 158 valence electrons. The molecule has 11 heteroatoms. The van der Waals surface area contributed by atoms with Gasteiger partial charge in [0.25, 0.3) is 5.91 Å². The summed E-state index contributed by atoms with van der Waals surface area (Å²) >= 11 is 0. The van der Waals surface area contributed by atoms with E-state index < -0.39 is 42.0 Å². The van der Waals surface area contributed by atoms with Crippen LogP contribution in [0, 0.1) is 0 Å². The number of rotatable bonds is 6. The molecule has 1 amide bonds. The molecule has 0 aliphatic heterocycles. The molecule has 0 saturated carbocycles. The monoisotopic (exact) mass is 423 g/mol. The van der Waals surface area contributed by atoms with Gasteiger partial charge in [0.15, 0.2) is 5.60 Å². The normalized spacial score (nSPS) is 14.1. The predicted octanol–water partition coefficient (Wildman–Crippen LogP) is 4.37. The highest BCUT2D eigenvalue weighted by molar-refractivity contribution is 5.96. The van der Waals surface area contributed by atoms with Crippen LogP contribution in [0.2, 0.25) is 0 Å². The van der Waals surface area contributed by atoms with Crippen molar-refractivity contribution in [2.45, 2.75) is 25.1 Å². The van der Waals surface area contributed by atoms with E-state index in [0.717, 1.165) is 43.3 Å². The van der Waals surface area contributed by atoms with Gasteiger partial charge in [0.2, 0.25) is 0 Å². The zero-order valence-corrected chi connectivity index (χ0v) is 14.8. The Morgan fingerprint density at radius 1 is 1.00 bits per heavy atom. The van der Waals surface area contributed by atoms with Crippen LogP contribution < -0.4 is 14.8 Å². The molecular weight excluding hydrogens is 408 g/mol. The minimum atomic E-state index is -4.90. The summed E-state index contributed by atoms with van der Waals surface area (Å²) in [5.41, 5.74) is -3.04. The van der Waals surface area contributed by atoms with Crippen molar-refractivity contribution in [3.63, 3.8) is 0 Å². The van der Waals surface area contributed by atoms with Crippen molar-refractivity contribution in [3.05, 3.63) is 54.1 Å². The van der Waals surface area contributed by atoms with E-state index in [1.165, 1.54) is 12.1 Å². The number of ether oxygens (including phenoxy) is 2. The highest BCUT2D eigenvalue weighted by atomic mass is 19.4. The number of alkyl halides is 6. The number of halogens is 6. The molecule has 0 aromatic heterocycles. The molecule has 0 spiro atoms. The number of benzene rings is 2. The number of hydrogen-bond donors (Lipinski definition) is 2. The fourth-order valence-electron chi connectivity index (χ4n) is 2.06. The van der Waals surface area contributed by atoms with E-state index in [2.05, 4.69) is 10.1 Å². The van der Waals surface area contributed by atoms with Crippen LogP contribution in [0.5, 0.6) is 11.5 Å². The first-order valence-corrected chi connectivity index (χ1v) is 7.96. The molecule has 2 N–H and O–H groups in total. The molecule has 1 unspecified atom stereocenters. The summed E-state index contributed by atoms with van der Waals surface area (Å²) in [5, 5.41) is 12.4. The van der Waals surface area contributed by atoms with Crippen molar-refractivity contribution in [2.75, 3.05) is 11.9 Å². The number of amides is 1. The summed E-state index contributed by atoms with van der Waals surface area (Å²) < 4.78 is 83.2. The summed E-state index contributed by atoms with van der Waals surface area (Å²) in [7, 11) is 0. The van der Waals surface area contributed by atoms with Gasteiger partial charge in [0, 0.05) is 11.8 Å². The maximum atomic E-state index is 12.5. The summed E-state index contributed by atoms with van der Waals surface area (Å²) in [6.07, 6.45) is -9.43. The third-order valence-corrected chi connectivity index (χ3v) is 3.52. The maximum Gasteiger partial charge on any atom is 0.573 e. The van der Waals surface area contributed by atoms with Crippen LogP contribution in [0.3, 0.4) is 0 Å². The molecule has 5 nitrogen and oxygen atoms in total. The molecule has 29 heavy (non-hydrogen) atoms. The van der Waals surface area contributed by atoms with E-state index in [9.17, 15) is 36.2 Å². The fourth-order valence-corrected chi connectivity index (χ4v) is 2.06. The van der Waals surface area contributed by atoms with Gasteiger partial charge in [-0.15, -0.1) is 13.2 Å². The summed E-state index contributed by atoms with van der Waals surface area (Å²) in [6, 6.07) is 7.98. The number of carbonyl (C=O) groups is 1. The standard InChI is InChI=1S/C18H15F6NO4/c1-16(27,10-28-13-3-2-4-14(9-13)29-18(22,23)24)15(26)25-12-7-5-11(6-8-12)17(19,20)21/h2-9,27H,10H2,1H3,(H,25,26).